The van der Waals surface area contributed by atoms with E-state index in [1.165, 1.54) is 6.26 Å². The van der Waals surface area contributed by atoms with Gasteiger partial charge in [0, 0.05) is 30.6 Å². The van der Waals surface area contributed by atoms with Crippen LogP contribution < -0.4 is 10.7 Å². The summed E-state index contributed by atoms with van der Waals surface area (Å²) < 4.78 is 7.08. The molecule has 8 heteroatoms. The van der Waals surface area contributed by atoms with Gasteiger partial charge >= 0.3 is 5.76 Å². The Morgan fingerprint density at radius 3 is 2.77 bits per heavy atom. The summed E-state index contributed by atoms with van der Waals surface area (Å²) in [6.07, 6.45) is 2.56. The zero-order valence-corrected chi connectivity index (χ0v) is 17.2. The number of rotatable bonds is 2. The Morgan fingerprint density at radius 2 is 1.90 bits per heavy atom. The van der Waals surface area contributed by atoms with E-state index < -0.39 is 5.76 Å². The van der Waals surface area contributed by atoms with Crippen molar-refractivity contribution in [1.82, 2.24) is 24.3 Å². The van der Waals surface area contributed by atoms with Crippen LogP contribution in [0.1, 0.15) is 6.42 Å². The van der Waals surface area contributed by atoms with Gasteiger partial charge in [0.1, 0.15) is 23.4 Å². The Kier molecular flexibility index (Phi) is 4.07. The smallest absolute Gasteiger partial charge is 0.416 e. The van der Waals surface area contributed by atoms with Gasteiger partial charge < -0.3 is 14.2 Å². The van der Waals surface area contributed by atoms with E-state index in [4.69, 9.17) is 14.4 Å². The van der Waals surface area contributed by atoms with Crippen LogP contribution in [0, 0.1) is 0 Å². The van der Waals surface area contributed by atoms with Gasteiger partial charge in [-0.3, -0.25) is 9.38 Å². The number of H-pyrrole nitrogens is 1. The second kappa shape index (κ2) is 6.95. The molecule has 6 rings (SSSR count). The Labute approximate surface area is 177 Å². The Balaban J connectivity index is 1.62. The minimum absolute atomic E-state index is 0.482. The number of hydrogen-bond donors (Lipinski definition) is 1. The number of likely N-dealkylation sites (N-methyl/N-ethyl adjacent to an activating group) is 1. The highest BCUT2D eigenvalue weighted by Crippen LogP contribution is 2.31. The first kappa shape index (κ1) is 18.1. The number of anilines is 1. The fraction of sp³-hybridized carbons (Fsp3) is 0.261. The zero-order chi connectivity index (χ0) is 20.9. The molecule has 0 amide bonds. The summed E-state index contributed by atoms with van der Waals surface area (Å²) in [5.74, 6) is 0.496. The number of aromatic amines is 1. The molecule has 156 valence electrons. The molecule has 0 atom stereocenters. The van der Waals surface area contributed by atoms with Crippen LogP contribution in [-0.4, -0.2) is 57.5 Å². The SMILES string of the molecule is CN1CCCN(c2ccc3cc(-c4coc(=O)[nH]4)c4nc5ccccc5n4c3n2)CC1. The quantitative estimate of drug-likeness (QED) is 0.478. The van der Waals surface area contributed by atoms with Crippen molar-refractivity contribution in [3.8, 4) is 11.3 Å². The molecule has 0 radical (unpaired) electrons. The number of aromatic nitrogens is 4. The third-order valence-corrected chi connectivity index (χ3v) is 6.06. The fourth-order valence-electron chi connectivity index (χ4n) is 4.44. The van der Waals surface area contributed by atoms with Crippen LogP contribution in [0.25, 0.3) is 39.0 Å². The lowest BCUT2D eigenvalue weighted by Gasteiger charge is -2.22. The number of pyridine rings is 2. The number of fused-ring (bicyclic) bond motifs is 5. The molecule has 1 aliphatic heterocycles. The molecule has 0 bridgehead atoms. The van der Waals surface area contributed by atoms with Crippen molar-refractivity contribution < 1.29 is 4.42 Å². The maximum atomic E-state index is 11.6. The molecule has 1 fully saturated rings. The van der Waals surface area contributed by atoms with Gasteiger partial charge in [0.05, 0.1) is 16.7 Å². The molecule has 0 spiro atoms. The zero-order valence-electron chi connectivity index (χ0n) is 17.2. The van der Waals surface area contributed by atoms with Crippen molar-refractivity contribution in [1.29, 1.82) is 0 Å². The van der Waals surface area contributed by atoms with Crippen molar-refractivity contribution in [2.24, 2.45) is 0 Å². The number of para-hydroxylation sites is 2. The molecule has 5 aromatic rings. The minimum atomic E-state index is -0.482. The lowest BCUT2D eigenvalue weighted by Crippen LogP contribution is -2.29. The average Bonchev–Trinajstić information content (AvgIpc) is 3.32. The van der Waals surface area contributed by atoms with E-state index in [2.05, 4.69) is 38.4 Å². The first-order valence-corrected chi connectivity index (χ1v) is 10.5. The lowest BCUT2D eigenvalue weighted by molar-refractivity contribution is 0.360. The van der Waals surface area contributed by atoms with E-state index in [0.717, 1.165) is 71.7 Å². The van der Waals surface area contributed by atoms with E-state index >= 15 is 0 Å². The normalized spacial score (nSPS) is 15.8. The van der Waals surface area contributed by atoms with Crippen LogP contribution in [0.15, 0.2) is 57.9 Å². The Bertz CT molecular complexity index is 1480. The van der Waals surface area contributed by atoms with Crippen LogP contribution in [0.4, 0.5) is 5.82 Å². The molecule has 5 heterocycles. The van der Waals surface area contributed by atoms with Gasteiger partial charge in [-0.15, -0.1) is 0 Å². The number of hydrogen-bond acceptors (Lipinski definition) is 6. The molecule has 8 nitrogen and oxygen atoms in total. The lowest BCUT2D eigenvalue weighted by atomic mass is 10.1. The molecule has 31 heavy (non-hydrogen) atoms. The topological polar surface area (TPSA) is 82.7 Å². The van der Waals surface area contributed by atoms with Gasteiger partial charge in [-0.05, 0) is 50.3 Å². The predicted molar refractivity (Wildman–Crippen MR) is 121 cm³/mol. The summed E-state index contributed by atoms with van der Waals surface area (Å²) in [6, 6.07) is 14.2. The van der Waals surface area contributed by atoms with Crippen molar-refractivity contribution >= 4 is 33.5 Å². The van der Waals surface area contributed by atoms with Crippen LogP contribution in [-0.2, 0) is 0 Å². The van der Waals surface area contributed by atoms with Crippen molar-refractivity contribution in [2.45, 2.75) is 6.42 Å². The number of benzene rings is 1. The maximum absolute atomic E-state index is 11.6. The number of nitrogens with one attached hydrogen (secondary N) is 1. The summed E-state index contributed by atoms with van der Waals surface area (Å²) in [7, 11) is 2.17. The largest absolute Gasteiger partial charge is 0.416 e. The van der Waals surface area contributed by atoms with Gasteiger partial charge in [-0.1, -0.05) is 12.1 Å². The van der Waals surface area contributed by atoms with E-state index in [9.17, 15) is 4.79 Å². The molecule has 0 saturated carbocycles. The van der Waals surface area contributed by atoms with Crippen LogP contribution >= 0.6 is 0 Å². The van der Waals surface area contributed by atoms with Crippen molar-refractivity contribution in [3.05, 3.63) is 59.3 Å². The van der Waals surface area contributed by atoms with Crippen molar-refractivity contribution in [2.75, 3.05) is 38.1 Å². The van der Waals surface area contributed by atoms with Gasteiger partial charge in [0.2, 0.25) is 0 Å². The summed E-state index contributed by atoms with van der Waals surface area (Å²) in [4.78, 5) is 29.1. The molecule has 1 N–H and O–H groups in total. The van der Waals surface area contributed by atoms with E-state index in [0.29, 0.717) is 5.69 Å². The molecule has 1 aromatic carbocycles. The highest BCUT2D eigenvalue weighted by Gasteiger charge is 2.19. The molecule has 0 aliphatic carbocycles. The first-order chi connectivity index (χ1) is 15.2. The Morgan fingerprint density at radius 1 is 1.00 bits per heavy atom. The van der Waals surface area contributed by atoms with Crippen molar-refractivity contribution in [3.63, 3.8) is 0 Å². The highest BCUT2D eigenvalue weighted by atomic mass is 16.4. The molecule has 0 unspecified atom stereocenters. The summed E-state index contributed by atoms with van der Waals surface area (Å²) in [5, 5.41) is 0.975. The van der Waals surface area contributed by atoms with Gasteiger partial charge in [0.15, 0.2) is 0 Å². The van der Waals surface area contributed by atoms with Crippen LogP contribution in [0.3, 0.4) is 0 Å². The predicted octanol–water partition coefficient (Wildman–Crippen LogP) is 3.13. The van der Waals surface area contributed by atoms with Gasteiger partial charge in [0.25, 0.3) is 0 Å². The maximum Gasteiger partial charge on any atom is 0.416 e. The molecular formula is C23H22N6O2. The van der Waals surface area contributed by atoms with Crippen LogP contribution in [0.5, 0.6) is 0 Å². The minimum Gasteiger partial charge on any atom is -0.416 e. The van der Waals surface area contributed by atoms with Crippen LogP contribution in [0.2, 0.25) is 0 Å². The second-order valence-corrected chi connectivity index (χ2v) is 8.11. The monoisotopic (exact) mass is 414 g/mol. The second-order valence-electron chi connectivity index (χ2n) is 8.11. The van der Waals surface area contributed by atoms with E-state index in [1.807, 2.05) is 30.3 Å². The molecule has 1 saturated heterocycles. The highest BCUT2D eigenvalue weighted by molar-refractivity contribution is 5.96. The third-order valence-electron chi connectivity index (χ3n) is 6.06. The van der Waals surface area contributed by atoms with Gasteiger partial charge in [-0.25, -0.2) is 14.8 Å². The Hall–Kier alpha value is -3.65. The average molecular weight is 414 g/mol. The van der Waals surface area contributed by atoms with E-state index in [-0.39, 0.29) is 0 Å². The summed E-state index contributed by atoms with van der Waals surface area (Å²) in [6.45, 7) is 4.07. The third kappa shape index (κ3) is 2.98. The summed E-state index contributed by atoms with van der Waals surface area (Å²) in [5.41, 5.74) is 4.87. The van der Waals surface area contributed by atoms with E-state index in [1.54, 1.807) is 0 Å². The number of nitrogens with zero attached hydrogens (tertiary/aromatic N) is 5. The summed E-state index contributed by atoms with van der Waals surface area (Å²) >= 11 is 0. The first-order valence-electron chi connectivity index (χ1n) is 10.5. The standard InChI is InChI=1S/C23H22N6O2/c1-27-9-4-10-28(12-11-27)20-8-7-15-13-16(18-14-31-23(30)25-18)22-24-17-5-2-3-6-19(17)29(22)21(15)26-20/h2-3,5-8,13-14H,4,9-12H2,1H3,(H,25,30). The fourth-order valence-corrected chi connectivity index (χ4v) is 4.44. The number of imidazole rings is 1. The molecule has 1 aliphatic rings. The molecule has 4 aromatic heterocycles. The van der Waals surface area contributed by atoms with Gasteiger partial charge in [-0.2, -0.15) is 0 Å². The number of oxazole rings is 1. The molecular weight excluding hydrogens is 392 g/mol.